The van der Waals surface area contributed by atoms with Crippen molar-refractivity contribution in [3.8, 4) is 0 Å². The van der Waals surface area contributed by atoms with E-state index in [1.807, 2.05) is 0 Å². The van der Waals surface area contributed by atoms with Crippen LogP contribution in [0, 0.1) is 0 Å². The first-order valence-electron chi connectivity index (χ1n) is 0.940. The van der Waals surface area contributed by atoms with E-state index in [0.717, 1.165) is 0 Å². The summed E-state index contributed by atoms with van der Waals surface area (Å²) in [5.41, 5.74) is 0. The number of hydrogen-bond acceptors (Lipinski definition) is 2. The Morgan fingerprint density at radius 3 is 1.33 bits per heavy atom. The molecule has 0 radical (unpaired) electrons. The summed E-state index contributed by atoms with van der Waals surface area (Å²) >= 11 is 0.125. The van der Waals surface area contributed by atoms with Gasteiger partial charge in [-0.15, -0.1) is 0 Å². The minimum absolute atomic E-state index is 0.125. The van der Waals surface area contributed by atoms with Crippen LogP contribution in [0.25, 0.3) is 0 Å². The first-order chi connectivity index (χ1) is 2.73. The van der Waals surface area contributed by atoms with Crippen molar-refractivity contribution in [2.75, 3.05) is 0 Å². The van der Waals surface area contributed by atoms with Gasteiger partial charge in [-0.3, -0.25) is 0 Å². The van der Waals surface area contributed by atoms with Crippen molar-refractivity contribution in [1.82, 2.24) is 0 Å². The molecule has 0 fully saturated rings. The Kier molecular flexibility index (Phi) is 13.5. The molecule has 5 heteroatoms. The van der Waals surface area contributed by atoms with Crippen molar-refractivity contribution in [1.29, 1.82) is 0 Å². The molecule has 4 nitrogen and oxygen atoms in total. The van der Waals surface area contributed by atoms with E-state index in [0.29, 0.717) is 0 Å². The van der Waals surface area contributed by atoms with Crippen molar-refractivity contribution < 1.29 is 36.8 Å². The Balaban J connectivity index is 0. The number of hydrogen-bond donors (Lipinski definition) is 2. The molecule has 2 N–H and O–H groups in total. The second-order valence-corrected chi connectivity index (χ2v) is 0.283. The summed E-state index contributed by atoms with van der Waals surface area (Å²) in [7, 11) is 0. The molecular formula is CH2O4Zn. The van der Waals surface area contributed by atoms with Gasteiger partial charge in [0.05, 0.1) is 0 Å². The van der Waals surface area contributed by atoms with Crippen LogP contribution < -0.4 is 0 Å². The fraction of sp³-hybridized carbons (Fsp3) is 0. The topological polar surface area (TPSA) is 74.6 Å². The van der Waals surface area contributed by atoms with Gasteiger partial charge in [0.15, 0.2) is 0 Å². The molecule has 0 atom stereocenters. The van der Waals surface area contributed by atoms with Gasteiger partial charge in [0.25, 0.3) is 0 Å². The van der Waals surface area contributed by atoms with E-state index in [1.54, 1.807) is 0 Å². The molecular weight excluding hydrogens is 141 g/mol. The monoisotopic (exact) mass is 142 g/mol. The molecule has 0 unspecified atom stereocenters. The average Bonchev–Trinajstić information content (AvgIpc) is 1.41. The third-order valence-corrected chi connectivity index (χ3v) is 0. The molecule has 0 heterocycles. The zero-order chi connectivity index (χ0) is 5.58. The first kappa shape index (κ1) is 9.19. The van der Waals surface area contributed by atoms with Crippen LogP contribution in [0.5, 0.6) is 0 Å². The predicted octanol–water partition coefficient (Wildman–Crippen LogP) is 0.101. The zero-order valence-corrected chi connectivity index (χ0v) is 5.89. The zero-order valence-electron chi connectivity index (χ0n) is 2.92. The summed E-state index contributed by atoms with van der Waals surface area (Å²) in [6.07, 6.45) is -1.83. The summed E-state index contributed by atoms with van der Waals surface area (Å²) in [5, 5.41) is 13.9. The molecule has 0 aromatic heterocycles. The van der Waals surface area contributed by atoms with Gasteiger partial charge < -0.3 is 10.2 Å². The van der Waals surface area contributed by atoms with E-state index in [1.165, 1.54) is 0 Å². The average molecular weight is 143 g/mol. The van der Waals surface area contributed by atoms with Crippen molar-refractivity contribution in [2.45, 2.75) is 0 Å². The third kappa shape index (κ3) is 285. The van der Waals surface area contributed by atoms with Crippen LogP contribution in [-0.4, -0.2) is 16.4 Å². The van der Waals surface area contributed by atoms with Crippen molar-refractivity contribution in [2.24, 2.45) is 0 Å². The van der Waals surface area contributed by atoms with E-state index in [4.69, 9.17) is 18.6 Å². The van der Waals surface area contributed by atoms with E-state index in [9.17, 15) is 0 Å². The van der Waals surface area contributed by atoms with Gasteiger partial charge in [-0.05, 0) is 0 Å². The van der Waals surface area contributed by atoms with Crippen LogP contribution in [-0.2, 0) is 21.8 Å². The van der Waals surface area contributed by atoms with Gasteiger partial charge in [0.1, 0.15) is 0 Å². The Morgan fingerprint density at radius 1 is 1.33 bits per heavy atom. The number of carbonyl (C=O) groups is 1. The Hall–Kier alpha value is -0.307. The van der Waals surface area contributed by atoms with Crippen LogP contribution >= 0.6 is 0 Å². The van der Waals surface area contributed by atoms with Crippen LogP contribution in [0.4, 0.5) is 4.79 Å². The molecule has 0 bridgehead atoms. The molecule has 0 rings (SSSR count). The maximum atomic E-state index is 8.56. The predicted molar refractivity (Wildman–Crippen MR) is 11.3 cm³/mol. The Bertz CT molecular complexity index is 38.8. The fourth-order valence-electron chi connectivity index (χ4n) is 0. The molecule has 0 saturated carbocycles. The van der Waals surface area contributed by atoms with Gasteiger partial charge in [-0.2, -0.15) is 0 Å². The molecule has 0 saturated heterocycles. The number of rotatable bonds is 0. The summed E-state index contributed by atoms with van der Waals surface area (Å²) in [6, 6.07) is 0. The SMILES string of the molecule is O=C(O)O.[O]=[Zn]. The summed E-state index contributed by atoms with van der Waals surface area (Å²) < 4.78 is 8.38. The molecule has 0 spiro atoms. The van der Waals surface area contributed by atoms with E-state index >= 15 is 0 Å². The van der Waals surface area contributed by atoms with E-state index in [-0.39, 0.29) is 18.3 Å². The molecule has 32 valence electrons. The van der Waals surface area contributed by atoms with Crippen LogP contribution in [0.15, 0.2) is 0 Å². The van der Waals surface area contributed by atoms with Crippen LogP contribution in [0.1, 0.15) is 0 Å². The van der Waals surface area contributed by atoms with Crippen molar-refractivity contribution >= 4 is 6.16 Å². The number of carboxylic acid groups (broad SMARTS) is 2. The second-order valence-electron chi connectivity index (χ2n) is 0.283. The molecule has 0 aromatic carbocycles. The second kappa shape index (κ2) is 8.83. The van der Waals surface area contributed by atoms with E-state index < -0.39 is 6.16 Å². The normalized spacial score (nSPS) is 5.00. The standard InChI is InChI=1S/CH2O3.O.Zn/c2-1(3)4;;/h(H2,2,3,4);;. The third-order valence-electron chi connectivity index (χ3n) is 0. The van der Waals surface area contributed by atoms with Crippen LogP contribution in [0.3, 0.4) is 0 Å². The van der Waals surface area contributed by atoms with E-state index in [2.05, 4.69) is 0 Å². The molecule has 0 aliphatic heterocycles. The van der Waals surface area contributed by atoms with Gasteiger partial charge in [-0.25, -0.2) is 4.79 Å². The Morgan fingerprint density at radius 2 is 1.33 bits per heavy atom. The molecule has 0 amide bonds. The quantitative estimate of drug-likeness (QED) is 0.472. The first-order valence-corrected chi connectivity index (χ1v) is 2.15. The maximum absolute atomic E-state index is 8.56. The van der Waals surface area contributed by atoms with Crippen LogP contribution in [0.2, 0.25) is 0 Å². The van der Waals surface area contributed by atoms with Gasteiger partial charge in [0, 0.05) is 0 Å². The van der Waals surface area contributed by atoms with Gasteiger partial charge >= 0.3 is 28.0 Å². The summed E-state index contributed by atoms with van der Waals surface area (Å²) in [4.78, 5) is 8.56. The molecule has 0 aliphatic carbocycles. The fourth-order valence-corrected chi connectivity index (χ4v) is 0. The summed E-state index contributed by atoms with van der Waals surface area (Å²) in [6.45, 7) is 0. The molecule has 0 aliphatic rings. The van der Waals surface area contributed by atoms with Crippen molar-refractivity contribution in [3.05, 3.63) is 0 Å². The van der Waals surface area contributed by atoms with Gasteiger partial charge in [0.2, 0.25) is 0 Å². The Labute approximate surface area is 43.7 Å². The van der Waals surface area contributed by atoms with Gasteiger partial charge in [-0.1, -0.05) is 0 Å². The summed E-state index contributed by atoms with van der Waals surface area (Å²) in [5.74, 6) is 0. The van der Waals surface area contributed by atoms with Crippen molar-refractivity contribution in [3.63, 3.8) is 0 Å². The molecule has 6 heavy (non-hydrogen) atoms. The molecule has 0 aromatic rings. The minimum atomic E-state index is -1.83.